The molecule has 0 saturated carbocycles. The van der Waals surface area contributed by atoms with E-state index in [2.05, 4.69) is 32.5 Å². The number of nitrogens with one attached hydrogen (secondary N) is 2. The number of ketones is 1. The number of ether oxygens (including phenoxy) is 1. The number of alkyl halides is 3. The molecule has 1 aliphatic heterocycles. The average molecular weight is 596 g/mol. The topological polar surface area (TPSA) is 96.5 Å². The molecule has 3 aromatic rings. The third kappa shape index (κ3) is 7.15. The lowest BCUT2D eigenvalue weighted by Gasteiger charge is -2.29. The van der Waals surface area contributed by atoms with Crippen molar-refractivity contribution in [1.29, 1.82) is 0 Å². The van der Waals surface area contributed by atoms with Crippen LogP contribution in [-0.4, -0.2) is 59.8 Å². The van der Waals surface area contributed by atoms with Crippen molar-refractivity contribution in [3.05, 3.63) is 76.6 Å². The summed E-state index contributed by atoms with van der Waals surface area (Å²) in [5.74, 6) is -0.331. The summed E-state index contributed by atoms with van der Waals surface area (Å²) in [5.41, 5.74) is 1.84. The van der Waals surface area contributed by atoms with Gasteiger partial charge >= 0.3 is 6.18 Å². The van der Waals surface area contributed by atoms with Crippen LogP contribution >= 0.6 is 0 Å². The Hall–Kier alpha value is -3.99. The molecule has 1 aromatic heterocycles. The van der Waals surface area contributed by atoms with Crippen LogP contribution in [0.1, 0.15) is 64.8 Å². The van der Waals surface area contributed by atoms with Crippen LogP contribution in [-0.2, 0) is 23.8 Å². The fourth-order valence-corrected chi connectivity index (χ4v) is 6.16. The van der Waals surface area contributed by atoms with Gasteiger partial charge in [0.2, 0.25) is 5.95 Å². The van der Waals surface area contributed by atoms with Crippen molar-refractivity contribution in [1.82, 2.24) is 20.2 Å². The number of benzene rings is 2. The summed E-state index contributed by atoms with van der Waals surface area (Å²) in [6.07, 6.45) is -1.25. The summed E-state index contributed by atoms with van der Waals surface area (Å²) in [5, 5.41) is 6.04. The van der Waals surface area contributed by atoms with Gasteiger partial charge in [-0.2, -0.15) is 13.2 Å². The zero-order valence-electron chi connectivity index (χ0n) is 24.5. The summed E-state index contributed by atoms with van der Waals surface area (Å²) >= 11 is 0. The van der Waals surface area contributed by atoms with Gasteiger partial charge in [0, 0.05) is 24.2 Å². The van der Waals surface area contributed by atoms with Gasteiger partial charge in [-0.1, -0.05) is 24.3 Å². The zero-order valence-corrected chi connectivity index (χ0v) is 24.5. The summed E-state index contributed by atoms with van der Waals surface area (Å²) in [7, 11) is 3.50. The van der Waals surface area contributed by atoms with E-state index in [0.29, 0.717) is 23.4 Å². The Morgan fingerprint density at radius 1 is 1.12 bits per heavy atom. The molecule has 2 aromatic carbocycles. The number of Topliss-reactive ketones (excluding diaryl/α,β-unsaturated/α-hetero) is 1. The van der Waals surface area contributed by atoms with Gasteiger partial charge < -0.3 is 25.1 Å². The second-order valence-electron chi connectivity index (χ2n) is 11.5. The van der Waals surface area contributed by atoms with Crippen molar-refractivity contribution < 1.29 is 27.5 Å². The summed E-state index contributed by atoms with van der Waals surface area (Å²) < 4.78 is 47.7. The van der Waals surface area contributed by atoms with Crippen molar-refractivity contribution in [3.8, 4) is 5.75 Å². The first-order valence-corrected chi connectivity index (χ1v) is 14.5. The first-order chi connectivity index (χ1) is 20.5. The highest BCUT2D eigenvalue weighted by Gasteiger charge is 2.39. The molecule has 228 valence electrons. The second-order valence-corrected chi connectivity index (χ2v) is 11.5. The number of rotatable bonds is 9. The van der Waals surface area contributed by atoms with Gasteiger partial charge in [-0.15, -0.1) is 0 Å². The van der Waals surface area contributed by atoms with Crippen molar-refractivity contribution in [3.63, 3.8) is 0 Å². The molecule has 1 amide bonds. The monoisotopic (exact) mass is 595 g/mol. The number of aromatic nitrogens is 2. The van der Waals surface area contributed by atoms with E-state index in [9.17, 15) is 22.8 Å². The fraction of sp³-hybridized carbons (Fsp3) is 0.438. The number of fused-ring (bicyclic) bond motifs is 1. The Morgan fingerprint density at radius 2 is 1.86 bits per heavy atom. The summed E-state index contributed by atoms with van der Waals surface area (Å²) in [6.45, 7) is 3.33. The Balaban J connectivity index is 1.37. The predicted octanol–water partition coefficient (Wildman–Crippen LogP) is 5.55. The number of likely N-dealkylation sites (tertiary alicyclic amines) is 1. The summed E-state index contributed by atoms with van der Waals surface area (Å²) in [4.78, 5) is 35.5. The van der Waals surface area contributed by atoms with Crippen LogP contribution in [0.5, 0.6) is 5.75 Å². The van der Waals surface area contributed by atoms with E-state index >= 15 is 0 Å². The van der Waals surface area contributed by atoms with Crippen molar-refractivity contribution >= 4 is 23.3 Å². The first-order valence-electron chi connectivity index (χ1n) is 14.5. The molecule has 1 aliphatic carbocycles. The third-order valence-electron chi connectivity index (χ3n) is 8.41. The third-order valence-corrected chi connectivity index (χ3v) is 8.41. The molecule has 1 fully saturated rings. The highest BCUT2D eigenvalue weighted by molar-refractivity contribution is 5.95. The summed E-state index contributed by atoms with van der Waals surface area (Å²) in [6, 6.07) is 12.6. The average Bonchev–Trinajstić information content (AvgIpc) is 3.30. The van der Waals surface area contributed by atoms with Crippen LogP contribution in [0, 0.1) is 5.92 Å². The smallest absolute Gasteiger partial charge is 0.419 e. The normalized spacial score (nSPS) is 19.1. The number of hydrogen-bond acceptors (Lipinski definition) is 7. The largest absolute Gasteiger partial charge is 0.495 e. The second kappa shape index (κ2) is 12.7. The van der Waals surface area contributed by atoms with Gasteiger partial charge in [0.1, 0.15) is 11.5 Å². The molecule has 5 rings (SSSR count). The maximum atomic E-state index is 14.1. The van der Waals surface area contributed by atoms with Crippen LogP contribution in [0.25, 0.3) is 0 Å². The van der Waals surface area contributed by atoms with E-state index in [1.165, 1.54) is 14.0 Å². The Bertz CT molecular complexity index is 1490. The number of piperidine rings is 1. The molecule has 2 atom stereocenters. The van der Waals surface area contributed by atoms with Gasteiger partial charge in [-0.05, 0) is 93.9 Å². The predicted molar refractivity (Wildman–Crippen MR) is 157 cm³/mol. The highest BCUT2D eigenvalue weighted by atomic mass is 19.4. The highest BCUT2D eigenvalue weighted by Crippen LogP contribution is 2.43. The van der Waals surface area contributed by atoms with Gasteiger partial charge in [0.15, 0.2) is 0 Å². The van der Waals surface area contributed by atoms with Gasteiger partial charge in [0.05, 0.1) is 24.1 Å². The number of halogens is 3. The van der Waals surface area contributed by atoms with Crippen LogP contribution in [0.3, 0.4) is 0 Å². The molecule has 2 heterocycles. The minimum absolute atomic E-state index is 0.0108. The molecule has 1 saturated heterocycles. The standard InChI is InChI=1S/C32H36F3N5O3/c1-19(41)14-25-22(15-20-6-4-5-7-24(20)25)16-28-26(32(33,34)35)18-36-31(39-28)38-27-9-8-21(17-29(27)43-3)30(42)37-23-10-12-40(2)13-11-23/h4-9,17-18,22-23,25H,10-16H2,1-3H3,(H,37,42)(H,36,38,39)/t22-,25-/m0/s1. The van der Waals surface area contributed by atoms with Crippen molar-refractivity contribution in [2.45, 2.75) is 57.2 Å². The van der Waals surface area contributed by atoms with Crippen LogP contribution < -0.4 is 15.4 Å². The molecule has 0 unspecified atom stereocenters. The van der Waals surface area contributed by atoms with E-state index < -0.39 is 11.7 Å². The first kappa shape index (κ1) is 30.5. The Kier molecular flexibility index (Phi) is 9.00. The lowest BCUT2D eigenvalue weighted by atomic mass is 9.84. The van der Waals surface area contributed by atoms with Gasteiger partial charge in [-0.25, -0.2) is 9.97 Å². The molecule has 11 heteroatoms. The number of amides is 1. The number of nitrogens with zero attached hydrogens (tertiary/aromatic N) is 3. The van der Waals surface area contributed by atoms with E-state index in [1.54, 1.807) is 18.2 Å². The number of carbonyl (C=O) groups is 2. The molecular weight excluding hydrogens is 559 g/mol. The number of carbonyl (C=O) groups excluding carboxylic acids is 2. The Morgan fingerprint density at radius 3 is 2.56 bits per heavy atom. The van der Waals surface area contributed by atoms with Crippen molar-refractivity contribution in [2.24, 2.45) is 5.92 Å². The lowest BCUT2D eigenvalue weighted by molar-refractivity contribution is -0.138. The molecule has 43 heavy (non-hydrogen) atoms. The number of hydrogen-bond donors (Lipinski definition) is 2. The maximum absolute atomic E-state index is 14.1. The number of methoxy groups -OCH3 is 1. The minimum atomic E-state index is -4.64. The SMILES string of the molecule is COc1cc(C(=O)NC2CCN(C)CC2)ccc1Nc1ncc(C(F)(F)F)c(C[C@@H]2Cc3ccccc3[C@H]2CC(C)=O)n1. The van der Waals surface area contributed by atoms with Gasteiger partial charge in [0.25, 0.3) is 5.91 Å². The zero-order chi connectivity index (χ0) is 30.7. The fourth-order valence-electron chi connectivity index (χ4n) is 6.16. The van der Waals surface area contributed by atoms with E-state index in [4.69, 9.17) is 4.74 Å². The van der Waals surface area contributed by atoms with E-state index in [1.807, 2.05) is 24.3 Å². The molecule has 0 spiro atoms. The number of anilines is 2. The molecule has 0 bridgehead atoms. The van der Waals surface area contributed by atoms with Crippen LogP contribution in [0.15, 0.2) is 48.7 Å². The maximum Gasteiger partial charge on any atom is 0.419 e. The molecule has 2 aliphatic rings. The van der Waals surface area contributed by atoms with Gasteiger partial charge in [-0.3, -0.25) is 4.79 Å². The Labute approximate surface area is 249 Å². The molecular formula is C32H36F3N5O3. The molecule has 0 radical (unpaired) electrons. The van der Waals surface area contributed by atoms with Crippen LogP contribution in [0.4, 0.5) is 24.8 Å². The molecule has 8 nitrogen and oxygen atoms in total. The van der Waals surface area contributed by atoms with Crippen molar-refractivity contribution in [2.75, 3.05) is 32.6 Å². The van der Waals surface area contributed by atoms with E-state index in [-0.39, 0.29) is 54.1 Å². The molecule has 2 N–H and O–H groups in total. The quantitative estimate of drug-likeness (QED) is 0.335. The minimum Gasteiger partial charge on any atom is -0.495 e. The van der Waals surface area contributed by atoms with Crippen LogP contribution in [0.2, 0.25) is 0 Å². The lowest BCUT2D eigenvalue weighted by Crippen LogP contribution is -2.43. The van der Waals surface area contributed by atoms with E-state index in [0.717, 1.165) is 43.3 Å².